The normalized spacial score (nSPS) is 13.8. The summed E-state index contributed by atoms with van der Waals surface area (Å²) >= 11 is 0. The van der Waals surface area contributed by atoms with Gasteiger partial charge in [-0.3, -0.25) is 4.79 Å². The van der Waals surface area contributed by atoms with Crippen LogP contribution in [0.2, 0.25) is 0 Å². The smallest absolute Gasteiger partial charge is 0.275 e. The predicted octanol–water partition coefficient (Wildman–Crippen LogP) is 3.81. The van der Waals surface area contributed by atoms with E-state index in [4.69, 9.17) is 0 Å². The molecule has 0 atom stereocenters. The second kappa shape index (κ2) is 4.49. The molecule has 4 heteroatoms. The SMILES string of the molecule is O=C1C(c2ccccc2F)=[N+]([O-])c2ccc3ccccc3c21. The number of hydrogen-bond acceptors (Lipinski definition) is 2. The summed E-state index contributed by atoms with van der Waals surface area (Å²) < 4.78 is 14.5. The lowest BCUT2D eigenvalue weighted by molar-refractivity contribution is -0.355. The minimum atomic E-state index is -0.580. The Kier molecular flexibility index (Phi) is 2.60. The fourth-order valence-electron chi connectivity index (χ4n) is 2.88. The molecule has 3 aromatic carbocycles. The Morgan fingerprint density at radius 2 is 1.64 bits per heavy atom. The Hall–Kier alpha value is -3.01. The predicted molar refractivity (Wildman–Crippen MR) is 82.1 cm³/mol. The number of nitrogens with zero attached hydrogens (tertiary/aromatic N) is 1. The van der Waals surface area contributed by atoms with Gasteiger partial charge in [0.15, 0.2) is 0 Å². The minimum Gasteiger partial charge on any atom is -0.618 e. The maximum Gasteiger partial charge on any atom is 0.275 e. The first kappa shape index (κ1) is 12.7. The first-order chi connectivity index (χ1) is 10.7. The second-order valence-electron chi connectivity index (χ2n) is 5.13. The number of carbonyl (C=O) groups is 1. The molecule has 0 spiro atoms. The van der Waals surface area contributed by atoms with Crippen LogP contribution in [-0.4, -0.2) is 16.2 Å². The molecule has 1 heterocycles. The average Bonchev–Trinajstić information content (AvgIpc) is 2.80. The van der Waals surface area contributed by atoms with Crippen LogP contribution in [0.4, 0.5) is 10.1 Å². The fourth-order valence-corrected chi connectivity index (χ4v) is 2.88. The highest BCUT2D eigenvalue weighted by Gasteiger charge is 2.39. The Balaban J connectivity index is 2.02. The summed E-state index contributed by atoms with van der Waals surface area (Å²) in [4.78, 5) is 12.7. The van der Waals surface area contributed by atoms with Crippen LogP contribution < -0.4 is 0 Å². The monoisotopic (exact) mass is 291 g/mol. The van der Waals surface area contributed by atoms with E-state index in [2.05, 4.69) is 0 Å². The zero-order valence-electron chi connectivity index (χ0n) is 11.4. The third-order valence-electron chi connectivity index (χ3n) is 3.90. The van der Waals surface area contributed by atoms with Gasteiger partial charge in [0.25, 0.3) is 11.5 Å². The molecule has 0 radical (unpaired) electrons. The van der Waals surface area contributed by atoms with Crippen molar-refractivity contribution < 1.29 is 13.9 Å². The molecule has 4 rings (SSSR count). The summed E-state index contributed by atoms with van der Waals surface area (Å²) in [5.41, 5.74) is 0.473. The Labute approximate surface area is 125 Å². The highest BCUT2D eigenvalue weighted by Crippen LogP contribution is 2.34. The van der Waals surface area contributed by atoms with E-state index in [1.807, 2.05) is 18.2 Å². The van der Waals surface area contributed by atoms with Gasteiger partial charge in [0.2, 0.25) is 5.69 Å². The Morgan fingerprint density at radius 3 is 2.45 bits per heavy atom. The summed E-state index contributed by atoms with van der Waals surface area (Å²) in [7, 11) is 0. The van der Waals surface area contributed by atoms with Gasteiger partial charge in [-0.05, 0) is 29.0 Å². The highest BCUT2D eigenvalue weighted by molar-refractivity contribution is 6.53. The van der Waals surface area contributed by atoms with E-state index >= 15 is 0 Å². The molecule has 0 N–H and O–H groups in total. The summed E-state index contributed by atoms with van der Waals surface area (Å²) in [6.07, 6.45) is 0. The van der Waals surface area contributed by atoms with Crippen LogP contribution in [0.15, 0.2) is 60.7 Å². The van der Waals surface area contributed by atoms with Gasteiger partial charge in [0.05, 0.1) is 5.56 Å². The topological polar surface area (TPSA) is 43.1 Å². The molecule has 3 nitrogen and oxygen atoms in total. The van der Waals surface area contributed by atoms with E-state index in [0.29, 0.717) is 15.7 Å². The van der Waals surface area contributed by atoms with Crippen LogP contribution in [-0.2, 0) is 0 Å². The van der Waals surface area contributed by atoms with Crippen molar-refractivity contribution in [2.45, 2.75) is 0 Å². The largest absolute Gasteiger partial charge is 0.618 e. The van der Waals surface area contributed by atoms with E-state index in [-0.39, 0.29) is 17.0 Å². The van der Waals surface area contributed by atoms with Crippen LogP contribution in [0.1, 0.15) is 15.9 Å². The summed E-state index contributed by atoms with van der Waals surface area (Å²) in [5.74, 6) is -1.02. The molecule has 3 aromatic rings. The second-order valence-corrected chi connectivity index (χ2v) is 5.13. The van der Waals surface area contributed by atoms with Gasteiger partial charge in [-0.2, -0.15) is 4.74 Å². The molecule has 0 unspecified atom stereocenters. The lowest BCUT2D eigenvalue weighted by Crippen LogP contribution is -2.18. The lowest BCUT2D eigenvalue weighted by atomic mass is 9.97. The van der Waals surface area contributed by atoms with Crippen molar-refractivity contribution in [3.63, 3.8) is 0 Å². The summed E-state index contributed by atoms with van der Waals surface area (Å²) in [6, 6.07) is 16.6. The molecular weight excluding hydrogens is 281 g/mol. The molecule has 1 aliphatic rings. The number of carbonyl (C=O) groups excluding carboxylic acids is 1. The molecule has 0 bridgehead atoms. The number of hydrogen-bond donors (Lipinski definition) is 0. The standard InChI is InChI=1S/C18H10FNO2/c19-14-8-4-3-7-13(14)17-18(21)16-12-6-2-1-5-11(12)9-10-15(16)20(17)22/h1-10H. The first-order valence-electron chi connectivity index (χ1n) is 6.84. The molecule has 0 amide bonds. The van der Waals surface area contributed by atoms with Crippen molar-refractivity contribution in [3.05, 3.63) is 82.8 Å². The van der Waals surface area contributed by atoms with Crippen molar-refractivity contribution in [1.29, 1.82) is 0 Å². The van der Waals surface area contributed by atoms with Gasteiger partial charge < -0.3 is 5.21 Å². The number of Topliss-reactive ketones (excluding diaryl/α,β-unsaturated/α-hetero) is 1. The molecule has 0 saturated heterocycles. The molecule has 0 aromatic heterocycles. The van der Waals surface area contributed by atoms with Gasteiger partial charge >= 0.3 is 0 Å². The van der Waals surface area contributed by atoms with E-state index in [9.17, 15) is 14.4 Å². The van der Waals surface area contributed by atoms with Crippen molar-refractivity contribution >= 4 is 28.0 Å². The van der Waals surface area contributed by atoms with Crippen molar-refractivity contribution in [3.8, 4) is 0 Å². The number of ketones is 1. The maximum atomic E-state index is 14.0. The first-order valence-corrected chi connectivity index (χ1v) is 6.84. The third-order valence-corrected chi connectivity index (χ3v) is 3.90. The number of rotatable bonds is 1. The molecule has 1 aliphatic heterocycles. The highest BCUT2D eigenvalue weighted by atomic mass is 19.1. The van der Waals surface area contributed by atoms with Gasteiger partial charge in [-0.1, -0.05) is 36.4 Å². The minimum absolute atomic E-state index is 0.0304. The third kappa shape index (κ3) is 1.61. The summed E-state index contributed by atoms with van der Waals surface area (Å²) in [5, 5.41) is 14.1. The zero-order valence-corrected chi connectivity index (χ0v) is 11.4. The van der Waals surface area contributed by atoms with Gasteiger partial charge in [0.1, 0.15) is 11.4 Å². The lowest BCUT2D eigenvalue weighted by Gasteiger charge is -2.03. The van der Waals surface area contributed by atoms with Gasteiger partial charge in [-0.15, -0.1) is 0 Å². The molecule has 22 heavy (non-hydrogen) atoms. The van der Waals surface area contributed by atoms with Gasteiger partial charge in [-0.25, -0.2) is 4.39 Å². The van der Waals surface area contributed by atoms with Crippen molar-refractivity contribution in [2.24, 2.45) is 0 Å². The Bertz CT molecular complexity index is 976. The van der Waals surface area contributed by atoms with Crippen LogP contribution in [0, 0.1) is 11.0 Å². The van der Waals surface area contributed by atoms with Crippen LogP contribution in [0.25, 0.3) is 10.8 Å². The fraction of sp³-hybridized carbons (Fsp3) is 0. The van der Waals surface area contributed by atoms with E-state index in [1.54, 1.807) is 24.3 Å². The van der Waals surface area contributed by atoms with Gasteiger partial charge in [0, 0.05) is 6.07 Å². The quantitative estimate of drug-likeness (QED) is 0.505. The molecular formula is C18H10FNO2. The molecule has 106 valence electrons. The number of fused-ring (bicyclic) bond motifs is 3. The van der Waals surface area contributed by atoms with E-state index in [1.165, 1.54) is 18.2 Å². The van der Waals surface area contributed by atoms with Crippen molar-refractivity contribution in [1.82, 2.24) is 0 Å². The van der Waals surface area contributed by atoms with Crippen LogP contribution in [0.3, 0.4) is 0 Å². The summed E-state index contributed by atoms with van der Waals surface area (Å²) in [6.45, 7) is 0. The van der Waals surface area contributed by atoms with Crippen LogP contribution in [0.5, 0.6) is 0 Å². The van der Waals surface area contributed by atoms with Crippen molar-refractivity contribution in [2.75, 3.05) is 0 Å². The molecule has 0 saturated carbocycles. The van der Waals surface area contributed by atoms with E-state index in [0.717, 1.165) is 5.39 Å². The molecule has 0 fully saturated rings. The zero-order chi connectivity index (χ0) is 15.3. The van der Waals surface area contributed by atoms with E-state index < -0.39 is 11.6 Å². The molecule has 0 aliphatic carbocycles. The maximum absolute atomic E-state index is 14.0. The number of benzene rings is 3. The Morgan fingerprint density at radius 1 is 0.909 bits per heavy atom. The number of halogens is 1. The average molecular weight is 291 g/mol. The van der Waals surface area contributed by atoms with Crippen LogP contribution >= 0.6 is 0 Å².